The van der Waals surface area contributed by atoms with E-state index in [0.717, 1.165) is 0 Å². The number of nitrogens with zero attached hydrogens (tertiary/aromatic N) is 2. The highest BCUT2D eigenvalue weighted by Gasteiger charge is 2.40. The number of hydrogen-bond acceptors (Lipinski definition) is 4. The lowest BCUT2D eigenvalue weighted by Crippen LogP contribution is -2.40. The van der Waals surface area contributed by atoms with E-state index in [-0.39, 0.29) is 31.8 Å². The van der Waals surface area contributed by atoms with Gasteiger partial charge in [0.25, 0.3) is 10.1 Å². The first-order valence-corrected chi connectivity index (χ1v) is 6.60. The lowest BCUT2D eigenvalue weighted by Gasteiger charge is -2.27. The zero-order valence-electron chi connectivity index (χ0n) is 8.18. The van der Waals surface area contributed by atoms with E-state index in [1.165, 1.54) is 0 Å². The molecule has 5 nitrogen and oxygen atoms in total. The Labute approximate surface area is 92.0 Å². The van der Waals surface area contributed by atoms with Gasteiger partial charge in [0.15, 0.2) is 0 Å². The van der Waals surface area contributed by atoms with Gasteiger partial charge in [-0.05, 0) is 19.0 Å². The van der Waals surface area contributed by atoms with Crippen molar-refractivity contribution in [3.63, 3.8) is 0 Å². The predicted molar refractivity (Wildman–Crippen MR) is 58.6 cm³/mol. The molecule has 84 valence electrons. The van der Waals surface area contributed by atoms with Gasteiger partial charge in [-0.25, -0.2) is 0 Å². The molecule has 0 radical (unpaired) electrons. The Bertz CT molecular complexity index is 362. The third-order valence-corrected chi connectivity index (χ3v) is 5.05. The second kappa shape index (κ2) is 6.02. The van der Waals surface area contributed by atoms with Crippen LogP contribution in [0.1, 0.15) is 25.7 Å². The van der Waals surface area contributed by atoms with Gasteiger partial charge in [0.2, 0.25) is 0 Å². The van der Waals surface area contributed by atoms with Crippen LogP contribution in [0.15, 0.2) is 0 Å². The van der Waals surface area contributed by atoms with Crippen LogP contribution in [0.4, 0.5) is 0 Å². The maximum absolute atomic E-state index is 11.2. The van der Waals surface area contributed by atoms with Gasteiger partial charge in [-0.15, -0.1) is 9.24 Å². The molecular weight excluding hydrogens is 235 g/mol. The molecule has 1 unspecified atom stereocenters. The zero-order chi connectivity index (χ0) is 11.9. The molecule has 1 N–H and O–H groups in total. The van der Waals surface area contributed by atoms with E-state index in [1.54, 1.807) is 0 Å². The molecule has 15 heavy (non-hydrogen) atoms. The van der Waals surface area contributed by atoms with Crippen LogP contribution in [-0.4, -0.2) is 23.9 Å². The molecule has 0 heterocycles. The van der Waals surface area contributed by atoms with Crippen LogP contribution in [0.2, 0.25) is 0 Å². The third-order valence-electron chi connectivity index (χ3n) is 2.30. The van der Waals surface area contributed by atoms with Crippen LogP contribution < -0.4 is 0 Å². The van der Waals surface area contributed by atoms with Crippen molar-refractivity contribution < 1.29 is 13.0 Å². The average molecular weight is 248 g/mol. The van der Waals surface area contributed by atoms with Gasteiger partial charge in [-0.2, -0.15) is 18.9 Å². The maximum Gasteiger partial charge on any atom is 0.271 e. The first-order valence-electron chi connectivity index (χ1n) is 4.34. The highest BCUT2D eigenvalue weighted by molar-refractivity contribution is 7.87. The van der Waals surface area contributed by atoms with E-state index in [2.05, 4.69) is 9.24 Å². The lowest BCUT2D eigenvalue weighted by molar-refractivity contribution is 0.413. The SMILES string of the molecule is N#CCCC(CP)(CCC#N)S(=O)(=O)O. The number of rotatable bonds is 6. The van der Waals surface area contributed by atoms with Gasteiger partial charge < -0.3 is 0 Å². The standard InChI is InChI=1S/C8H13N2O3PS/c9-5-1-3-8(7-14,4-2-6-10)15(11,12)13/h1-4,7,14H2,(H,11,12,13). The molecule has 0 saturated heterocycles. The minimum absolute atomic E-state index is 0.0413. The van der Waals surface area contributed by atoms with Gasteiger partial charge in [-0.3, -0.25) is 4.55 Å². The first-order chi connectivity index (χ1) is 6.93. The van der Waals surface area contributed by atoms with Crippen LogP contribution in [0.5, 0.6) is 0 Å². The van der Waals surface area contributed by atoms with Crippen molar-refractivity contribution in [2.24, 2.45) is 0 Å². The van der Waals surface area contributed by atoms with Crippen molar-refractivity contribution in [1.29, 1.82) is 10.5 Å². The highest BCUT2D eigenvalue weighted by Crippen LogP contribution is 2.30. The summed E-state index contributed by atoms with van der Waals surface area (Å²) in [7, 11) is -2.00. The Kier molecular flexibility index (Phi) is 5.75. The Morgan fingerprint density at radius 1 is 1.20 bits per heavy atom. The molecule has 0 aliphatic heterocycles. The molecule has 0 aromatic rings. The van der Waals surface area contributed by atoms with E-state index in [1.807, 2.05) is 12.1 Å². The molecule has 0 saturated carbocycles. The molecule has 0 aromatic heterocycles. The summed E-state index contributed by atoms with van der Waals surface area (Å²) in [6, 6.07) is 3.68. The van der Waals surface area contributed by atoms with Gasteiger partial charge in [0, 0.05) is 12.8 Å². The molecule has 1 atom stereocenters. The molecule has 0 bridgehead atoms. The highest BCUT2D eigenvalue weighted by atomic mass is 32.2. The third kappa shape index (κ3) is 3.76. The molecule has 7 heteroatoms. The molecule has 0 aliphatic carbocycles. The molecule has 0 aromatic carbocycles. The summed E-state index contributed by atoms with van der Waals surface area (Å²) in [6.45, 7) is 0. The molecule has 0 amide bonds. The van der Waals surface area contributed by atoms with Crippen molar-refractivity contribution in [2.45, 2.75) is 30.4 Å². The van der Waals surface area contributed by atoms with Gasteiger partial charge in [-0.1, -0.05) is 0 Å². The fraction of sp³-hybridized carbons (Fsp3) is 0.750. The van der Waals surface area contributed by atoms with Crippen molar-refractivity contribution in [3.05, 3.63) is 0 Å². The molecule has 0 spiro atoms. The molecule has 0 aliphatic rings. The largest absolute Gasteiger partial charge is 0.285 e. The van der Waals surface area contributed by atoms with E-state index in [4.69, 9.17) is 15.1 Å². The Morgan fingerprint density at radius 3 is 1.80 bits per heavy atom. The summed E-state index contributed by atoms with van der Waals surface area (Å²) in [5.74, 6) is 0. The van der Waals surface area contributed by atoms with Crippen LogP contribution in [-0.2, 0) is 10.1 Å². The lowest BCUT2D eigenvalue weighted by atomic mass is 9.99. The maximum atomic E-state index is 11.2. The number of nitriles is 2. The zero-order valence-corrected chi connectivity index (χ0v) is 10.2. The van der Waals surface area contributed by atoms with E-state index in [0.29, 0.717) is 0 Å². The smallest absolute Gasteiger partial charge is 0.271 e. The van der Waals surface area contributed by atoms with Crippen LogP contribution >= 0.6 is 9.24 Å². The van der Waals surface area contributed by atoms with Crippen molar-refractivity contribution in [1.82, 2.24) is 0 Å². The van der Waals surface area contributed by atoms with Crippen molar-refractivity contribution in [3.8, 4) is 12.1 Å². The van der Waals surface area contributed by atoms with Gasteiger partial charge >= 0.3 is 0 Å². The summed E-state index contributed by atoms with van der Waals surface area (Å²) in [5.41, 5.74) is 0. The predicted octanol–water partition coefficient (Wildman–Crippen LogP) is 1.10. The normalized spacial score (nSPS) is 11.7. The Morgan fingerprint density at radius 2 is 1.60 bits per heavy atom. The van der Waals surface area contributed by atoms with Crippen molar-refractivity contribution >= 4 is 19.4 Å². The second-order valence-corrected chi connectivity index (χ2v) is 5.40. The van der Waals surface area contributed by atoms with E-state index >= 15 is 0 Å². The Hall–Kier alpha value is -0.680. The average Bonchev–Trinajstić information content (AvgIpc) is 2.17. The monoisotopic (exact) mass is 248 g/mol. The van der Waals surface area contributed by atoms with E-state index in [9.17, 15) is 8.42 Å². The topological polar surface area (TPSA) is 102 Å². The molecule has 0 rings (SSSR count). The quantitative estimate of drug-likeness (QED) is 0.560. The van der Waals surface area contributed by atoms with Crippen LogP contribution in [0.25, 0.3) is 0 Å². The second-order valence-electron chi connectivity index (χ2n) is 3.18. The fourth-order valence-electron chi connectivity index (χ4n) is 1.26. The molecule has 0 fully saturated rings. The van der Waals surface area contributed by atoms with Crippen LogP contribution in [0, 0.1) is 22.7 Å². The minimum Gasteiger partial charge on any atom is -0.285 e. The molecular formula is C8H13N2O3PS. The summed E-state index contributed by atoms with van der Waals surface area (Å²) in [4.78, 5) is 0. The Balaban J connectivity index is 4.97. The van der Waals surface area contributed by atoms with E-state index < -0.39 is 14.9 Å². The minimum atomic E-state index is -4.24. The summed E-state index contributed by atoms with van der Waals surface area (Å²) in [5, 5.41) is 16.8. The fourth-order valence-corrected chi connectivity index (χ4v) is 3.23. The summed E-state index contributed by atoms with van der Waals surface area (Å²) in [6.07, 6.45) is 0.301. The number of hydrogen-bond donors (Lipinski definition) is 1. The summed E-state index contributed by atoms with van der Waals surface area (Å²) < 4.78 is 30.2. The summed E-state index contributed by atoms with van der Waals surface area (Å²) >= 11 is 0. The van der Waals surface area contributed by atoms with Gasteiger partial charge in [0.05, 0.1) is 12.1 Å². The first kappa shape index (κ1) is 14.3. The van der Waals surface area contributed by atoms with Gasteiger partial charge in [0.1, 0.15) is 4.75 Å². The van der Waals surface area contributed by atoms with Crippen LogP contribution in [0.3, 0.4) is 0 Å². The van der Waals surface area contributed by atoms with Crippen molar-refractivity contribution in [2.75, 3.05) is 6.16 Å².